The van der Waals surface area contributed by atoms with E-state index in [9.17, 15) is 4.79 Å². The van der Waals surface area contributed by atoms with Gasteiger partial charge in [-0.05, 0) is 25.1 Å². The Labute approximate surface area is 132 Å². The largest absolute Gasteiger partial charge is 0.496 e. The van der Waals surface area contributed by atoms with E-state index in [4.69, 9.17) is 13.6 Å². The van der Waals surface area contributed by atoms with Gasteiger partial charge in [-0.2, -0.15) is 0 Å². The average molecular weight is 313 g/mol. The number of benzene rings is 1. The average Bonchev–Trinajstić information content (AvgIpc) is 3.18. The number of nitrogens with one attached hydrogen (secondary N) is 1. The van der Waals surface area contributed by atoms with Crippen LogP contribution in [0.4, 0.5) is 6.01 Å². The summed E-state index contributed by atoms with van der Waals surface area (Å²) in [6.07, 6.45) is 1.64. The molecule has 2 heterocycles. The number of ether oxygens (including phenoxy) is 1. The van der Waals surface area contributed by atoms with Gasteiger partial charge in [-0.25, -0.2) is 0 Å². The van der Waals surface area contributed by atoms with Crippen molar-refractivity contribution in [2.24, 2.45) is 0 Å². The second-order valence-electron chi connectivity index (χ2n) is 4.93. The van der Waals surface area contributed by atoms with Crippen molar-refractivity contribution in [1.29, 1.82) is 0 Å². The highest BCUT2D eigenvalue weighted by Gasteiger charge is 2.14. The van der Waals surface area contributed by atoms with Crippen LogP contribution in [0.15, 0.2) is 45.4 Å². The second-order valence-corrected chi connectivity index (χ2v) is 4.93. The van der Waals surface area contributed by atoms with Crippen molar-refractivity contribution in [2.45, 2.75) is 13.3 Å². The maximum absolute atomic E-state index is 12.1. The van der Waals surface area contributed by atoms with Gasteiger partial charge >= 0.3 is 6.01 Å². The number of carbonyl (C=O) groups is 1. The normalized spacial score (nSPS) is 10.5. The zero-order chi connectivity index (χ0) is 16.2. The molecule has 1 amide bonds. The maximum Gasteiger partial charge on any atom is 0.322 e. The Morgan fingerprint density at radius 2 is 2.17 bits per heavy atom. The molecule has 118 valence electrons. The molecule has 0 unspecified atom stereocenters. The molecule has 0 aliphatic carbocycles. The predicted octanol–water partition coefficient (Wildman–Crippen LogP) is 2.83. The number of aryl methyl sites for hydroxylation is 1. The van der Waals surface area contributed by atoms with Gasteiger partial charge in [0.15, 0.2) is 5.76 Å². The molecule has 0 bridgehead atoms. The van der Waals surface area contributed by atoms with E-state index in [0.717, 1.165) is 11.1 Å². The number of rotatable bonds is 5. The molecule has 3 rings (SSSR count). The van der Waals surface area contributed by atoms with Crippen LogP contribution >= 0.6 is 0 Å². The Kier molecular flexibility index (Phi) is 4.09. The molecular weight excluding hydrogens is 298 g/mol. The minimum absolute atomic E-state index is 0.0213. The molecule has 7 nitrogen and oxygen atoms in total. The molecule has 0 aliphatic rings. The number of aromatic nitrogens is 2. The van der Waals surface area contributed by atoms with Gasteiger partial charge < -0.3 is 13.6 Å². The summed E-state index contributed by atoms with van der Waals surface area (Å²) in [5.41, 5.74) is 1.84. The van der Waals surface area contributed by atoms with Crippen molar-refractivity contribution < 1.29 is 18.4 Å². The third-order valence-electron chi connectivity index (χ3n) is 3.19. The van der Waals surface area contributed by atoms with Gasteiger partial charge in [-0.15, -0.1) is 5.10 Å². The summed E-state index contributed by atoms with van der Waals surface area (Å²) in [6, 6.07) is 9.08. The molecule has 0 saturated carbocycles. The molecular formula is C16H15N3O4. The maximum atomic E-state index is 12.1. The Morgan fingerprint density at radius 1 is 1.30 bits per heavy atom. The third kappa shape index (κ3) is 3.39. The van der Waals surface area contributed by atoms with Crippen LogP contribution in [0, 0.1) is 6.92 Å². The van der Waals surface area contributed by atoms with Gasteiger partial charge in [0.05, 0.1) is 19.8 Å². The van der Waals surface area contributed by atoms with Crippen molar-refractivity contribution in [3.05, 3.63) is 47.7 Å². The van der Waals surface area contributed by atoms with Gasteiger partial charge in [0.25, 0.3) is 5.89 Å². The monoisotopic (exact) mass is 313 g/mol. The molecule has 0 atom stereocenters. The minimum atomic E-state index is -0.274. The molecule has 7 heteroatoms. The Hall–Kier alpha value is -3.09. The number of methoxy groups -OCH3 is 1. The minimum Gasteiger partial charge on any atom is -0.496 e. The first-order valence-electron chi connectivity index (χ1n) is 6.96. The van der Waals surface area contributed by atoms with E-state index in [1.54, 1.807) is 19.2 Å². The molecule has 0 spiro atoms. The zero-order valence-corrected chi connectivity index (χ0v) is 12.7. The molecule has 0 aliphatic heterocycles. The van der Waals surface area contributed by atoms with Crippen molar-refractivity contribution in [3.63, 3.8) is 0 Å². The Bertz CT molecular complexity index is 809. The summed E-state index contributed by atoms with van der Waals surface area (Å²) in [5.74, 6) is 1.04. The molecule has 1 N–H and O–H groups in total. The summed E-state index contributed by atoms with van der Waals surface area (Å²) in [4.78, 5) is 12.1. The van der Waals surface area contributed by atoms with Crippen molar-refractivity contribution in [3.8, 4) is 17.4 Å². The van der Waals surface area contributed by atoms with E-state index in [0.29, 0.717) is 11.5 Å². The fraction of sp³-hybridized carbons (Fsp3) is 0.188. The highest BCUT2D eigenvalue weighted by molar-refractivity contribution is 5.90. The van der Waals surface area contributed by atoms with Crippen molar-refractivity contribution in [1.82, 2.24) is 10.2 Å². The first kappa shape index (κ1) is 14.8. The fourth-order valence-corrected chi connectivity index (χ4v) is 2.16. The van der Waals surface area contributed by atoms with Crippen LogP contribution in [-0.4, -0.2) is 23.2 Å². The number of anilines is 1. The lowest BCUT2D eigenvalue weighted by atomic mass is 10.1. The summed E-state index contributed by atoms with van der Waals surface area (Å²) in [5, 5.41) is 10.2. The standard InChI is InChI=1S/C16H15N3O4/c1-10-5-6-12(21-2)11(8-10)9-14(20)17-16-19-18-15(23-16)13-4-3-7-22-13/h3-8H,9H2,1-2H3,(H,17,19,20). The highest BCUT2D eigenvalue weighted by atomic mass is 16.5. The number of carbonyl (C=O) groups excluding carboxylic acids is 1. The molecule has 1 aromatic carbocycles. The zero-order valence-electron chi connectivity index (χ0n) is 12.7. The fourth-order valence-electron chi connectivity index (χ4n) is 2.16. The molecule has 2 aromatic heterocycles. The Morgan fingerprint density at radius 3 is 2.91 bits per heavy atom. The Balaban J connectivity index is 1.69. The van der Waals surface area contributed by atoms with Gasteiger partial charge in [0.1, 0.15) is 5.75 Å². The molecule has 0 saturated heterocycles. The number of hydrogen-bond donors (Lipinski definition) is 1. The topological polar surface area (TPSA) is 90.4 Å². The van der Waals surface area contributed by atoms with Crippen LogP contribution in [0.25, 0.3) is 11.7 Å². The van der Waals surface area contributed by atoms with Gasteiger partial charge in [-0.1, -0.05) is 22.8 Å². The van der Waals surface area contributed by atoms with Gasteiger partial charge in [0, 0.05) is 5.56 Å². The number of amides is 1. The summed E-state index contributed by atoms with van der Waals surface area (Å²) >= 11 is 0. The quantitative estimate of drug-likeness (QED) is 0.779. The highest BCUT2D eigenvalue weighted by Crippen LogP contribution is 2.22. The van der Waals surface area contributed by atoms with E-state index in [-0.39, 0.29) is 24.2 Å². The molecule has 0 fully saturated rings. The van der Waals surface area contributed by atoms with Crippen LogP contribution in [0.1, 0.15) is 11.1 Å². The summed E-state index contributed by atoms with van der Waals surface area (Å²) < 4.78 is 15.7. The van der Waals surface area contributed by atoms with Crippen LogP contribution in [0.2, 0.25) is 0 Å². The summed E-state index contributed by atoms with van der Waals surface area (Å²) in [7, 11) is 1.57. The van der Waals surface area contributed by atoms with E-state index in [1.807, 2.05) is 25.1 Å². The lowest BCUT2D eigenvalue weighted by molar-refractivity contribution is -0.115. The van der Waals surface area contributed by atoms with E-state index in [2.05, 4.69) is 15.5 Å². The van der Waals surface area contributed by atoms with Gasteiger partial charge in [0.2, 0.25) is 5.91 Å². The van der Waals surface area contributed by atoms with Gasteiger partial charge in [-0.3, -0.25) is 10.1 Å². The van der Waals surface area contributed by atoms with Crippen LogP contribution in [-0.2, 0) is 11.2 Å². The molecule has 3 aromatic rings. The smallest absolute Gasteiger partial charge is 0.322 e. The third-order valence-corrected chi connectivity index (χ3v) is 3.19. The summed E-state index contributed by atoms with van der Waals surface area (Å²) in [6.45, 7) is 1.95. The lowest BCUT2D eigenvalue weighted by Crippen LogP contribution is -2.15. The van der Waals surface area contributed by atoms with Crippen LogP contribution < -0.4 is 10.1 Å². The van der Waals surface area contributed by atoms with Crippen LogP contribution in [0.3, 0.4) is 0 Å². The SMILES string of the molecule is COc1ccc(C)cc1CC(=O)Nc1nnc(-c2ccco2)o1. The van der Waals surface area contributed by atoms with Crippen molar-refractivity contribution >= 4 is 11.9 Å². The molecule has 23 heavy (non-hydrogen) atoms. The van der Waals surface area contributed by atoms with E-state index >= 15 is 0 Å². The van der Waals surface area contributed by atoms with E-state index in [1.165, 1.54) is 6.26 Å². The first-order valence-corrected chi connectivity index (χ1v) is 6.96. The van der Waals surface area contributed by atoms with Crippen molar-refractivity contribution in [2.75, 3.05) is 12.4 Å². The number of nitrogens with zero attached hydrogens (tertiary/aromatic N) is 2. The first-order chi connectivity index (χ1) is 11.2. The predicted molar refractivity (Wildman–Crippen MR) is 82.1 cm³/mol. The lowest BCUT2D eigenvalue weighted by Gasteiger charge is -2.08. The van der Waals surface area contributed by atoms with Crippen LogP contribution in [0.5, 0.6) is 5.75 Å². The number of hydrogen-bond acceptors (Lipinski definition) is 6. The molecule has 0 radical (unpaired) electrons. The van der Waals surface area contributed by atoms with E-state index < -0.39 is 0 Å². The second kappa shape index (κ2) is 6.35. The number of furan rings is 1.